The van der Waals surface area contributed by atoms with Crippen LogP contribution < -0.4 is 15.4 Å². The first-order chi connectivity index (χ1) is 9.88. The number of hydrogen-bond donors (Lipinski definition) is 3. The minimum absolute atomic E-state index is 0.137. The fourth-order valence-electron chi connectivity index (χ4n) is 2.22. The fraction of sp³-hybridized carbons (Fsp3) is 0.727. The third-order valence-corrected chi connectivity index (χ3v) is 6.07. The number of nitrogens with one attached hydrogen (secondary N) is 3. The van der Waals surface area contributed by atoms with Crippen LogP contribution in [0.4, 0.5) is 5.13 Å². The molecule has 3 N–H and O–H groups in total. The Balaban J connectivity index is 2.03. The SMILES string of the molecule is CC(=O)Nc1nnc(S(=O)(=O)NC(C)C2CCCNC2)s1. The van der Waals surface area contributed by atoms with Crippen LogP contribution >= 0.6 is 11.3 Å². The summed E-state index contributed by atoms with van der Waals surface area (Å²) in [6.45, 7) is 4.96. The van der Waals surface area contributed by atoms with Crippen LogP contribution in [0.25, 0.3) is 0 Å². The number of sulfonamides is 1. The molecule has 2 unspecified atom stereocenters. The molecule has 1 aliphatic rings. The molecule has 1 aliphatic heterocycles. The summed E-state index contributed by atoms with van der Waals surface area (Å²) in [5.74, 6) is -0.0547. The number of aromatic nitrogens is 2. The lowest BCUT2D eigenvalue weighted by molar-refractivity contribution is -0.114. The minimum Gasteiger partial charge on any atom is -0.316 e. The second-order valence-corrected chi connectivity index (χ2v) is 7.94. The van der Waals surface area contributed by atoms with Gasteiger partial charge >= 0.3 is 0 Å². The van der Waals surface area contributed by atoms with E-state index in [1.807, 2.05) is 6.92 Å². The first kappa shape index (κ1) is 16.3. The maximum absolute atomic E-state index is 12.2. The zero-order chi connectivity index (χ0) is 15.5. The van der Waals surface area contributed by atoms with E-state index in [0.717, 1.165) is 37.3 Å². The molecule has 1 fully saturated rings. The summed E-state index contributed by atoms with van der Waals surface area (Å²) in [5, 5.41) is 13.1. The summed E-state index contributed by atoms with van der Waals surface area (Å²) in [4.78, 5) is 10.9. The summed E-state index contributed by atoms with van der Waals surface area (Å²) in [7, 11) is -3.71. The molecule has 2 rings (SSSR count). The van der Waals surface area contributed by atoms with E-state index in [0.29, 0.717) is 0 Å². The third-order valence-electron chi connectivity index (χ3n) is 3.30. The van der Waals surface area contributed by atoms with Crippen LogP contribution in [-0.4, -0.2) is 43.7 Å². The zero-order valence-corrected chi connectivity index (χ0v) is 13.6. The first-order valence-electron chi connectivity index (χ1n) is 6.72. The lowest BCUT2D eigenvalue weighted by Gasteiger charge is -2.28. The monoisotopic (exact) mass is 333 g/mol. The molecule has 1 aromatic rings. The standard InChI is InChI=1S/C11H19N5O3S2/c1-7(9-4-3-5-12-6-9)16-21(18,19)11-15-14-10(20-11)13-8(2)17/h7,9,12,16H,3-6H2,1-2H3,(H,13,14,17). The van der Waals surface area contributed by atoms with Crippen molar-refractivity contribution in [2.75, 3.05) is 18.4 Å². The molecule has 2 atom stereocenters. The van der Waals surface area contributed by atoms with Crippen LogP contribution in [0.5, 0.6) is 0 Å². The first-order valence-corrected chi connectivity index (χ1v) is 9.02. The van der Waals surface area contributed by atoms with Gasteiger partial charge in [-0.3, -0.25) is 4.79 Å². The van der Waals surface area contributed by atoms with E-state index >= 15 is 0 Å². The van der Waals surface area contributed by atoms with Gasteiger partial charge in [0.15, 0.2) is 0 Å². The van der Waals surface area contributed by atoms with E-state index in [-0.39, 0.29) is 27.3 Å². The number of carbonyl (C=O) groups is 1. The Hall–Kier alpha value is -1.10. The Kier molecular flexibility index (Phi) is 5.25. The second-order valence-electron chi connectivity index (χ2n) is 5.07. The molecule has 118 valence electrons. The van der Waals surface area contributed by atoms with Crippen molar-refractivity contribution in [2.45, 2.75) is 37.1 Å². The average molecular weight is 333 g/mol. The number of hydrogen-bond acceptors (Lipinski definition) is 7. The van der Waals surface area contributed by atoms with Crippen molar-refractivity contribution in [3.63, 3.8) is 0 Å². The summed E-state index contributed by atoms with van der Waals surface area (Å²) in [5.41, 5.74) is 0. The van der Waals surface area contributed by atoms with Gasteiger partial charge in [0, 0.05) is 13.0 Å². The van der Waals surface area contributed by atoms with Crippen molar-refractivity contribution in [3.05, 3.63) is 0 Å². The highest BCUT2D eigenvalue weighted by Crippen LogP contribution is 2.21. The number of rotatable bonds is 5. The number of amides is 1. The fourth-order valence-corrected chi connectivity index (χ4v) is 4.49. The molecule has 10 heteroatoms. The zero-order valence-electron chi connectivity index (χ0n) is 11.9. The molecule has 2 heterocycles. The van der Waals surface area contributed by atoms with Crippen LogP contribution in [0.3, 0.4) is 0 Å². The Morgan fingerprint density at radius 3 is 2.86 bits per heavy atom. The normalized spacial score (nSPS) is 21.0. The molecule has 0 radical (unpaired) electrons. The maximum atomic E-state index is 12.2. The predicted molar refractivity (Wildman–Crippen MR) is 79.6 cm³/mol. The highest BCUT2D eigenvalue weighted by atomic mass is 32.2. The van der Waals surface area contributed by atoms with Gasteiger partial charge in [0.05, 0.1) is 0 Å². The van der Waals surface area contributed by atoms with Gasteiger partial charge in [-0.05, 0) is 38.8 Å². The van der Waals surface area contributed by atoms with Gasteiger partial charge < -0.3 is 10.6 Å². The van der Waals surface area contributed by atoms with Crippen molar-refractivity contribution >= 4 is 32.4 Å². The van der Waals surface area contributed by atoms with E-state index in [2.05, 4.69) is 25.6 Å². The van der Waals surface area contributed by atoms with Gasteiger partial charge in [-0.1, -0.05) is 11.3 Å². The van der Waals surface area contributed by atoms with Gasteiger partial charge in [-0.25, -0.2) is 13.1 Å². The molecule has 0 aliphatic carbocycles. The molecule has 1 saturated heterocycles. The molecular formula is C11H19N5O3S2. The van der Waals surface area contributed by atoms with Gasteiger partial charge in [0.25, 0.3) is 10.0 Å². The minimum atomic E-state index is -3.71. The molecule has 0 saturated carbocycles. The van der Waals surface area contributed by atoms with Crippen LogP contribution in [-0.2, 0) is 14.8 Å². The maximum Gasteiger partial charge on any atom is 0.270 e. The van der Waals surface area contributed by atoms with Crippen LogP contribution in [0, 0.1) is 5.92 Å². The van der Waals surface area contributed by atoms with E-state index in [4.69, 9.17) is 0 Å². The number of carbonyl (C=O) groups excluding carboxylic acids is 1. The van der Waals surface area contributed by atoms with E-state index in [1.165, 1.54) is 6.92 Å². The molecule has 1 aromatic heterocycles. The van der Waals surface area contributed by atoms with Crippen LogP contribution in [0.2, 0.25) is 0 Å². The van der Waals surface area contributed by atoms with Gasteiger partial charge in [0.1, 0.15) is 0 Å². The average Bonchev–Trinajstić information content (AvgIpc) is 2.88. The molecule has 0 bridgehead atoms. The number of anilines is 1. The second kappa shape index (κ2) is 6.77. The predicted octanol–water partition coefficient (Wildman–Crippen LogP) is 0.163. The summed E-state index contributed by atoms with van der Waals surface area (Å²) in [6.07, 6.45) is 2.03. The molecular weight excluding hydrogens is 314 g/mol. The Morgan fingerprint density at radius 1 is 1.48 bits per heavy atom. The van der Waals surface area contributed by atoms with Crippen molar-refractivity contribution in [1.82, 2.24) is 20.2 Å². The lowest BCUT2D eigenvalue weighted by Crippen LogP contribution is -2.44. The summed E-state index contributed by atoms with van der Waals surface area (Å²) in [6, 6.07) is -0.184. The Bertz CT molecular complexity index is 595. The van der Waals surface area contributed by atoms with Gasteiger partial charge in [0.2, 0.25) is 15.4 Å². The smallest absolute Gasteiger partial charge is 0.270 e. The highest BCUT2D eigenvalue weighted by molar-refractivity contribution is 7.91. The molecule has 0 aromatic carbocycles. The highest BCUT2D eigenvalue weighted by Gasteiger charge is 2.27. The number of nitrogens with zero attached hydrogens (tertiary/aromatic N) is 2. The largest absolute Gasteiger partial charge is 0.316 e. The van der Waals surface area contributed by atoms with Gasteiger partial charge in [-0.2, -0.15) is 0 Å². The van der Waals surface area contributed by atoms with Gasteiger partial charge in [-0.15, -0.1) is 10.2 Å². The van der Waals surface area contributed by atoms with Crippen LogP contribution in [0.1, 0.15) is 26.7 Å². The summed E-state index contributed by atoms with van der Waals surface area (Å²) >= 11 is 0.837. The van der Waals surface area contributed by atoms with E-state index in [1.54, 1.807) is 0 Å². The van der Waals surface area contributed by atoms with Crippen LogP contribution in [0.15, 0.2) is 4.34 Å². The molecule has 21 heavy (non-hydrogen) atoms. The summed E-state index contributed by atoms with van der Waals surface area (Å²) < 4.78 is 27.0. The topological polar surface area (TPSA) is 113 Å². The molecule has 0 spiro atoms. The lowest BCUT2D eigenvalue weighted by atomic mass is 9.94. The van der Waals surface area contributed by atoms with E-state index in [9.17, 15) is 13.2 Å². The van der Waals surface area contributed by atoms with Crippen molar-refractivity contribution in [1.29, 1.82) is 0 Å². The Labute approximate surface area is 127 Å². The van der Waals surface area contributed by atoms with E-state index < -0.39 is 10.0 Å². The third kappa shape index (κ3) is 4.43. The quantitative estimate of drug-likeness (QED) is 0.662. The van der Waals surface area contributed by atoms with Crippen molar-refractivity contribution in [3.8, 4) is 0 Å². The van der Waals surface area contributed by atoms with Crippen molar-refractivity contribution < 1.29 is 13.2 Å². The molecule has 1 amide bonds. The molecule has 8 nitrogen and oxygen atoms in total. The Morgan fingerprint density at radius 2 is 2.24 bits per heavy atom. The number of piperidine rings is 1. The van der Waals surface area contributed by atoms with Crippen molar-refractivity contribution in [2.24, 2.45) is 5.92 Å².